The zero-order valence-corrected chi connectivity index (χ0v) is 17.2. The third kappa shape index (κ3) is 6.01. The van der Waals surface area contributed by atoms with Gasteiger partial charge in [-0.15, -0.1) is 0 Å². The van der Waals surface area contributed by atoms with Crippen molar-refractivity contribution in [3.05, 3.63) is 42.0 Å². The number of hydrogen-bond acceptors (Lipinski definition) is 5. The molecule has 0 unspecified atom stereocenters. The van der Waals surface area contributed by atoms with E-state index in [2.05, 4.69) is 5.32 Å². The first-order chi connectivity index (χ1) is 14.2. The molecule has 0 bridgehead atoms. The predicted octanol–water partition coefficient (Wildman–Crippen LogP) is 2.27. The molecule has 1 heterocycles. The summed E-state index contributed by atoms with van der Waals surface area (Å²) in [6, 6.07) is 6.26. The van der Waals surface area contributed by atoms with Crippen LogP contribution in [0.5, 0.6) is 5.75 Å². The number of allylic oxidation sites excluding steroid dienone is 1. The smallest absolute Gasteiger partial charge is 0.324 e. The number of nitrogens with one attached hydrogen (secondary N) is 1. The average Bonchev–Trinajstić information content (AvgIpc) is 3.37. The molecule has 164 valence electrons. The second-order valence-corrected chi connectivity index (χ2v) is 9.78. The molecule has 1 aliphatic heterocycles. The summed E-state index contributed by atoms with van der Waals surface area (Å²) in [5, 5.41) is 2.17. The van der Waals surface area contributed by atoms with Crippen molar-refractivity contribution < 1.29 is 31.5 Å². The van der Waals surface area contributed by atoms with Gasteiger partial charge in [0.1, 0.15) is 18.9 Å². The zero-order chi connectivity index (χ0) is 21.8. The molecule has 30 heavy (non-hydrogen) atoms. The topological polar surface area (TPSA) is 92.8 Å². The van der Waals surface area contributed by atoms with Crippen molar-refractivity contribution in [3.63, 3.8) is 0 Å². The average molecular weight is 442 g/mol. The molecule has 3 rings (SSSR count). The fraction of sp³-hybridized carbons (Fsp3) is 0.500. The van der Waals surface area contributed by atoms with Crippen molar-refractivity contribution in [1.29, 1.82) is 0 Å². The molecule has 1 aromatic carbocycles. The number of sulfone groups is 1. The number of urea groups is 1. The minimum atomic E-state index is -3.34. The number of nitrogens with zero attached hydrogens (tertiary/aromatic N) is 1. The van der Waals surface area contributed by atoms with E-state index < -0.39 is 34.3 Å². The summed E-state index contributed by atoms with van der Waals surface area (Å²) < 4.78 is 54.9. The van der Waals surface area contributed by atoms with E-state index in [4.69, 9.17) is 4.74 Å². The lowest BCUT2D eigenvalue weighted by Gasteiger charge is -2.17. The highest BCUT2D eigenvalue weighted by molar-refractivity contribution is 7.91. The molecular weight excluding hydrogens is 418 g/mol. The molecule has 2 fully saturated rings. The van der Waals surface area contributed by atoms with Gasteiger partial charge in [-0.3, -0.25) is 10.1 Å². The zero-order valence-electron chi connectivity index (χ0n) is 16.4. The van der Waals surface area contributed by atoms with E-state index in [1.807, 2.05) is 0 Å². The van der Waals surface area contributed by atoms with Crippen molar-refractivity contribution in [2.75, 3.05) is 31.2 Å². The Bertz CT molecular complexity index is 929. The largest absolute Gasteiger partial charge is 0.488 e. The van der Waals surface area contributed by atoms with Gasteiger partial charge in [-0.25, -0.2) is 22.0 Å². The van der Waals surface area contributed by atoms with Crippen LogP contribution in [0.25, 0.3) is 0 Å². The Morgan fingerprint density at radius 3 is 2.63 bits per heavy atom. The van der Waals surface area contributed by atoms with Gasteiger partial charge in [0, 0.05) is 12.0 Å². The van der Waals surface area contributed by atoms with E-state index >= 15 is 0 Å². The maximum atomic E-state index is 12.6. The Balaban J connectivity index is 1.51. The lowest BCUT2D eigenvalue weighted by molar-refractivity contribution is -0.118. The maximum absolute atomic E-state index is 12.6. The first-order valence-corrected chi connectivity index (χ1v) is 11.5. The van der Waals surface area contributed by atoms with Gasteiger partial charge in [0.2, 0.25) is 5.91 Å². The number of carbonyl (C=O) groups excluding carboxylic acids is 2. The van der Waals surface area contributed by atoms with Gasteiger partial charge in [0.05, 0.1) is 11.5 Å². The number of alkyl halides is 2. The van der Waals surface area contributed by atoms with Crippen LogP contribution in [0.4, 0.5) is 13.6 Å². The monoisotopic (exact) mass is 442 g/mol. The predicted molar refractivity (Wildman–Crippen MR) is 106 cm³/mol. The van der Waals surface area contributed by atoms with E-state index in [1.54, 1.807) is 36.4 Å². The van der Waals surface area contributed by atoms with Gasteiger partial charge in [-0.1, -0.05) is 24.3 Å². The Labute approximate surface area is 174 Å². The van der Waals surface area contributed by atoms with Crippen LogP contribution in [0.2, 0.25) is 0 Å². The van der Waals surface area contributed by atoms with E-state index in [9.17, 15) is 26.8 Å². The number of imide groups is 1. The number of rotatable bonds is 11. The molecule has 1 aromatic rings. The highest BCUT2D eigenvalue weighted by Gasteiger charge is 2.47. The molecule has 1 saturated carbocycles. The summed E-state index contributed by atoms with van der Waals surface area (Å²) in [4.78, 5) is 23.9. The molecule has 7 nitrogen and oxygen atoms in total. The van der Waals surface area contributed by atoms with E-state index in [1.165, 1.54) is 4.90 Å². The number of halogens is 2. The van der Waals surface area contributed by atoms with Crippen molar-refractivity contribution in [2.45, 2.75) is 31.1 Å². The Kier molecular flexibility index (Phi) is 6.74. The van der Waals surface area contributed by atoms with Gasteiger partial charge in [-0.2, -0.15) is 0 Å². The standard InChI is InChI=1S/C20H24F2N2O5S/c21-17(22)13-29-16-6-4-5-15(11-16)20(7-8-20)14-30(27,28)10-3-1-2-9-24-12-18(25)23-19(24)26/h1-2,4-6,11,17H,3,7-10,12-14H2,(H,23,25,26)/b2-1+. The first kappa shape index (κ1) is 22.2. The number of amides is 3. The summed E-state index contributed by atoms with van der Waals surface area (Å²) in [5.74, 6) is -0.0779. The molecule has 0 radical (unpaired) electrons. The molecule has 1 N–H and O–H groups in total. The molecule has 0 atom stereocenters. The van der Waals surface area contributed by atoms with Crippen LogP contribution in [0.3, 0.4) is 0 Å². The second-order valence-electron chi connectivity index (χ2n) is 7.60. The number of hydrogen-bond donors (Lipinski definition) is 1. The van der Waals surface area contributed by atoms with Gasteiger partial charge in [0.25, 0.3) is 6.43 Å². The molecule has 10 heteroatoms. The third-order valence-electron chi connectivity index (χ3n) is 5.13. The highest BCUT2D eigenvalue weighted by Crippen LogP contribution is 2.50. The Morgan fingerprint density at radius 2 is 2.00 bits per heavy atom. The van der Waals surface area contributed by atoms with E-state index in [-0.39, 0.29) is 30.5 Å². The fourth-order valence-electron chi connectivity index (χ4n) is 3.43. The molecular formula is C20H24F2N2O5S. The van der Waals surface area contributed by atoms with Crippen LogP contribution in [0.15, 0.2) is 36.4 Å². The maximum Gasteiger partial charge on any atom is 0.324 e. The minimum Gasteiger partial charge on any atom is -0.488 e. The van der Waals surface area contributed by atoms with Crippen LogP contribution in [0, 0.1) is 0 Å². The molecule has 1 aliphatic carbocycles. The van der Waals surface area contributed by atoms with Crippen LogP contribution >= 0.6 is 0 Å². The normalized spacial score (nSPS) is 18.3. The molecule has 0 spiro atoms. The summed E-state index contributed by atoms with van der Waals surface area (Å²) in [6.07, 6.45) is 2.53. The quantitative estimate of drug-likeness (QED) is 0.419. The van der Waals surface area contributed by atoms with Gasteiger partial charge in [-0.05, 0) is 37.0 Å². The first-order valence-electron chi connectivity index (χ1n) is 9.65. The lowest BCUT2D eigenvalue weighted by atomic mass is 9.98. The van der Waals surface area contributed by atoms with E-state index in [0.29, 0.717) is 12.2 Å². The molecule has 1 saturated heterocycles. The molecule has 0 aromatic heterocycles. The second kappa shape index (κ2) is 9.11. The summed E-state index contributed by atoms with van der Waals surface area (Å²) in [5.41, 5.74) is 0.305. The summed E-state index contributed by atoms with van der Waals surface area (Å²) >= 11 is 0. The number of benzene rings is 1. The van der Waals surface area contributed by atoms with Gasteiger partial charge in [0.15, 0.2) is 9.84 Å². The van der Waals surface area contributed by atoms with Crippen molar-refractivity contribution in [3.8, 4) is 5.75 Å². The van der Waals surface area contributed by atoms with Crippen LogP contribution in [-0.2, 0) is 20.0 Å². The fourth-order valence-corrected chi connectivity index (χ4v) is 5.37. The number of ether oxygens (including phenoxy) is 1. The number of carbonyl (C=O) groups is 2. The van der Waals surface area contributed by atoms with Gasteiger partial charge >= 0.3 is 6.03 Å². The van der Waals surface area contributed by atoms with Crippen LogP contribution < -0.4 is 10.1 Å². The van der Waals surface area contributed by atoms with Crippen molar-refractivity contribution in [1.82, 2.24) is 10.2 Å². The van der Waals surface area contributed by atoms with Crippen LogP contribution in [-0.4, -0.2) is 62.9 Å². The SMILES string of the molecule is O=C1CN(C/C=C/CCS(=O)(=O)CC2(c3cccc(OCC(F)F)c3)CC2)C(=O)N1. The van der Waals surface area contributed by atoms with Crippen molar-refractivity contribution >= 4 is 21.8 Å². The third-order valence-corrected chi connectivity index (χ3v) is 6.98. The lowest BCUT2D eigenvalue weighted by Crippen LogP contribution is -2.28. The summed E-state index contributed by atoms with van der Waals surface area (Å²) in [6.45, 7) is -0.453. The minimum absolute atomic E-state index is 0.00405. The van der Waals surface area contributed by atoms with E-state index in [0.717, 1.165) is 18.4 Å². The van der Waals surface area contributed by atoms with Crippen LogP contribution in [0.1, 0.15) is 24.8 Å². The van der Waals surface area contributed by atoms with Gasteiger partial charge < -0.3 is 9.64 Å². The Morgan fingerprint density at radius 1 is 1.23 bits per heavy atom. The Hall–Kier alpha value is -2.49. The summed E-state index contributed by atoms with van der Waals surface area (Å²) in [7, 11) is -3.34. The van der Waals surface area contributed by atoms with Crippen molar-refractivity contribution in [2.24, 2.45) is 0 Å². The molecule has 2 aliphatic rings. The molecule has 3 amide bonds. The highest BCUT2D eigenvalue weighted by atomic mass is 32.2.